The lowest BCUT2D eigenvalue weighted by Gasteiger charge is -2.16. The minimum Gasteiger partial charge on any atom is -0.359 e. The lowest BCUT2D eigenvalue weighted by Crippen LogP contribution is -2.30. The summed E-state index contributed by atoms with van der Waals surface area (Å²) in [6.45, 7) is 2.81. The summed E-state index contributed by atoms with van der Waals surface area (Å²) in [5, 5.41) is 3.68. The van der Waals surface area contributed by atoms with Gasteiger partial charge in [0.25, 0.3) is 5.91 Å². The van der Waals surface area contributed by atoms with E-state index in [2.05, 4.69) is 10.1 Å². The smallest absolute Gasteiger partial charge is 0.287 e. The van der Waals surface area contributed by atoms with Gasteiger partial charge in [0.15, 0.2) is 11.5 Å². The highest BCUT2D eigenvalue weighted by molar-refractivity contribution is 7.99. The predicted molar refractivity (Wildman–Crippen MR) is 65.4 cm³/mol. The van der Waals surface area contributed by atoms with Crippen LogP contribution in [0.3, 0.4) is 0 Å². The van der Waals surface area contributed by atoms with Gasteiger partial charge in [0.2, 0.25) is 0 Å². The van der Waals surface area contributed by atoms with Crippen molar-refractivity contribution in [1.82, 2.24) is 15.5 Å². The molecule has 1 fully saturated rings. The predicted octanol–water partition coefficient (Wildman–Crippen LogP) is 0.217. The maximum atomic E-state index is 11.2. The van der Waals surface area contributed by atoms with Crippen LogP contribution < -0.4 is 11.3 Å². The average molecular weight is 256 g/mol. The molecule has 2 heterocycles. The number of thioether (sulfide) groups is 1. The van der Waals surface area contributed by atoms with Crippen LogP contribution in [0, 0.1) is 0 Å². The lowest BCUT2D eigenvalue weighted by molar-refractivity contribution is 0.0944. The molecule has 0 bridgehead atoms. The first kappa shape index (κ1) is 12.4. The van der Waals surface area contributed by atoms with Gasteiger partial charge in [0.05, 0.1) is 6.54 Å². The van der Waals surface area contributed by atoms with Gasteiger partial charge >= 0.3 is 0 Å². The SMILES string of the molecule is NNC(=O)c1cc(CN2CCCSCC2)on1. The highest BCUT2D eigenvalue weighted by Crippen LogP contribution is 2.13. The first-order chi connectivity index (χ1) is 8.29. The molecule has 6 nitrogen and oxygen atoms in total. The van der Waals surface area contributed by atoms with E-state index < -0.39 is 5.91 Å². The van der Waals surface area contributed by atoms with Gasteiger partial charge in [-0.15, -0.1) is 0 Å². The number of nitrogens with two attached hydrogens (primary N) is 1. The minimum absolute atomic E-state index is 0.228. The van der Waals surface area contributed by atoms with Crippen molar-refractivity contribution in [2.45, 2.75) is 13.0 Å². The number of hydrogen-bond donors (Lipinski definition) is 2. The van der Waals surface area contributed by atoms with Gasteiger partial charge in [-0.3, -0.25) is 15.1 Å². The van der Waals surface area contributed by atoms with Crippen molar-refractivity contribution < 1.29 is 9.32 Å². The van der Waals surface area contributed by atoms with E-state index >= 15 is 0 Å². The molecule has 0 spiro atoms. The first-order valence-corrected chi connectivity index (χ1v) is 6.71. The van der Waals surface area contributed by atoms with Gasteiger partial charge in [-0.05, 0) is 18.7 Å². The molecule has 0 saturated carbocycles. The second kappa shape index (κ2) is 6.04. The van der Waals surface area contributed by atoms with Gasteiger partial charge in [0.1, 0.15) is 0 Å². The molecule has 0 aromatic carbocycles. The molecule has 2 rings (SSSR count). The number of nitrogens with one attached hydrogen (secondary N) is 1. The Hall–Kier alpha value is -1.05. The molecule has 0 atom stereocenters. The number of nitrogen functional groups attached to an aromatic ring is 1. The highest BCUT2D eigenvalue weighted by atomic mass is 32.2. The molecule has 3 N–H and O–H groups in total. The summed E-state index contributed by atoms with van der Waals surface area (Å²) in [4.78, 5) is 13.5. The zero-order valence-electron chi connectivity index (χ0n) is 9.52. The molecule has 94 valence electrons. The van der Waals surface area contributed by atoms with Gasteiger partial charge < -0.3 is 4.52 Å². The third-order valence-corrected chi connectivity index (χ3v) is 3.67. The van der Waals surface area contributed by atoms with Crippen molar-refractivity contribution in [3.05, 3.63) is 17.5 Å². The molecule has 1 aromatic rings. The third-order valence-electron chi connectivity index (χ3n) is 2.62. The number of aromatic nitrogens is 1. The van der Waals surface area contributed by atoms with Gasteiger partial charge in [0, 0.05) is 18.4 Å². The summed E-state index contributed by atoms with van der Waals surface area (Å²) in [5.74, 6) is 7.66. The normalized spacial score (nSPS) is 17.7. The van der Waals surface area contributed by atoms with Crippen molar-refractivity contribution in [3.63, 3.8) is 0 Å². The molecule has 1 amide bonds. The molecule has 0 radical (unpaired) electrons. The first-order valence-electron chi connectivity index (χ1n) is 5.56. The lowest BCUT2D eigenvalue weighted by atomic mass is 10.3. The number of nitrogens with zero attached hydrogens (tertiary/aromatic N) is 2. The average Bonchev–Trinajstić information content (AvgIpc) is 2.65. The van der Waals surface area contributed by atoms with Crippen molar-refractivity contribution in [3.8, 4) is 0 Å². The summed E-state index contributed by atoms with van der Waals surface area (Å²) in [7, 11) is 0. The van der Waals surface area contributed by atoms with E-state index in [0.29, 0.717) is 12.3 Å². The Morgan fingerprint density at radius 3 is 3.29 bits per heavy atom. The summed E-state index contributed by atoms with van der Waals surface area (Å²) >= 11 is 1.98. The molecule has 0 unspecified atom stereocenters. The molecular weight excluding hydrogens is 240 g/mol. The second-order valence-electron chi connectivity index (χ2n) is 3.89. The summed E-state index contributed by atoms with van der Waals surface area (Å²) in [5.41, 5.74) is 2.26. The summed E-state index contributed by atoms with van der Waals surface area (Å²) in [6, 6.07) is 1.64. The van der Waals surface area contributed by atoms with Crippen molar-refractivity contribution >= 4 is 17.7 Å². The Morgan fingerprint density at radius 1 is 1.59 bits per heavy atom. The van der Waals surface area contributed by atoms with E-state index in [1.807, 2.05) is 17.2 Å². The zero-order chi connectivity index (χ0) is 12.1. The Morgan fingerprint density at radius 2 is 2.47 bits per heavy atom. The zero-order valence-corrected chi connectivity index (χ0v) is 10.3. The van der Waals surface area contributed by atoms with E-state index in [0.717, 1.165) is 18.8 Å². The molecule has 7 heteroatoms. The van der Waals surface area contributed by atoms with Gasteiger partial charge in [-0.25, -0.2) is 5.84 Å². The molecule has 17 heavy (non-hydrogen) atoms. The second-order valence-corrected chi connectivity index (χ2v) is 5.12. The number of carbonyl (C=O) groups excluding carboxylic acids is 1. The van der Waals surface area contributed by atoms with Crippen LogP contribution in [-0.2, 0) is 6.54 Å². The molecule has 0 aliphatic carbocycles. The monoisotopic (exact) mass is 256 g/mol. The third kappa shape index (κ3) is 3.45. The Balaban J connectivity index is 1.93. The molecule has 1 aliphatic heterocycles. The molecule has 1 aliphatic rings. The van der Waals surface area contributed by atoms with Gasteiger partial charge in [-0.1, -0.05) is 5.16 Å². The summed E-state index contributed by atoms with van der Waals surface area (Å²) in [6.07, 6.45) is 1.19. The standard InChI is InChI=1S/C10H16N4O2S/c11-12-10(15)9-6-8(16-13-9)7-14-2-1-4-17-5-3-14/h6H,1-5,7,11H2,(H,12,15). The van der Waals surface area contributed by atoms with E-state index in [1.54, 1.807) is 6.07 Å². The van der Waals surface area contributed by atoms with Crippen molar-refractivity contribution in [1.29, 1.82) is 0 Å². The maximum absolute atomic E-state index is 11.2. The number of carbonyl (C=O) groups is 1. The van der Waals surface area contributed by atoms with Crippen molar-refractivity contribution in [2.24, 2.45) is 5.84 Å². The van der Waals surface area contributed by atoms with Crippen LogP contribution in [0.1, 0.15) is 22.7 Å². The largest absolute Gasteiger partial charge is 0.359 e. The van der Waals surface area contributed by atoms with Crippen LogP contribution in [-0.4, -0.2) is 40.6 Å². The number of hydrazine groups is 1. The fourth-order valence-electron chi connectivity index (χ4n) is 1.74. The fourth-order valence-corrected chi connectivity index (χ4v) is 2.67. The van der Waals surface area contributed by atoms with Crippen LogP contribution in [0.25, 0.3) is 0 Å². The van der Waals surface area contributed by atoms with Crippen LogP contribution in [0.15, 0.2) is 10.6 Å². The van der Waals surface area contributed by atoms with E-state index in [-0.39, 0.29) is 5.69 Å². The minimum atomic E-state index is -0.425. The maximum Gasteiger partial charge on any atom is 0.287 e. The van der Waals surface area contributed by atoms with Gasteiger partial charge in [-0.2, -0.15) is 11.8 Å². The Bertz CT molecular complexity index is 374. The number of hydrogen-bond acceptors (Lipinski definition) is 6. The van der Waals surface area contributed by atoms with E-state index in [9.17, 15) is 4.79 Å². The number of rotatable bonds is 3. The van der Waals surface area contributed by atoms with E-state index in [4.69, 9.17) is 10.4 Å². The van der Waals surface area contributed by atoms with Crippen molar-refractivity contribution in [2.75, 3.05) is 24.6 Å². The fraction of sp³-hybridized carbons (Fsp3) is 0.600. The molecule has 1 aromatic heterocycles. The van der Waals surface area contributed by atoms with E-state index in [1.165, 1.54) is 12.2 Å². The Labute approximate surface area is 104 Å². The number of amides is 1. The quantitative estimate of drug-likeness (QED) is 0.457. The topological polar surface area (TPSA) is 84.4 Å². The Kier molecular flexibility index (Phi) is 4.41. The van der Waals surface area contributed by atoms with Crippen LogP contribution >= 0.6 is 11.8 Å². The molecule has 1 saturated heterocycles. The highest BCUT2D eigenvalue weighted by Gasteiger charge is 2.15. The summed E-state index contributed by atoms with van der Waals surface area (Å²) < 4.78 is 5.12. The molecular formula is C10H16N4O2S. The van der Waals surface area contributed by atoms with Crippen LogP contribution in [0.2, 0.25) is 0 Å². The van der Waals surface area contributed by atoms with Crippen LogP contribution in [0.5, 0.6) is 0 Å². The van der Waals surface area contributed by atoms with Crippen LogP contribution in [0.4, 0.5) is 0 Å².